The predicted molar refractivity (Wildman–Crippen MR) is 76.3 cm³/mol. The van der Waals surface area contributed by atoms with E-state index in [2.05, 4.69) is 10.6 Å². The summed E-state index contributed by atoms with van der Waals surface area (Å²) in [5, 5.41) is 15.3. The molecule has 1 aliphatic heterocycles. The Balaban J connectivity index is 1.78. The van der Waals surface area contributed by atoms with Crippen LogP contribution in [-0.2, 0) is 9.59 Å². The second-order valence-corrected chi connectivity index (χ2v) is 6.17. The highest BCUT2D eigenvalue weighted by Crippen LogP contribution is 2.33. The molecule has 0 radical (unpaired) electrons. The maximum Gasteiger partial charge on any atom is 0.308 e. The van der Waals surface area contributed by atoms with Crippen molar-refractivity contribution in [1.29, 1.82) is 0 Å². The summed E-state index contributed by atoms with van der Waals surface area (Å²) >= 11 is 0. The van der Waals surface area contributed by atoms with Crippen LogP contribution in [0.3, 0.4) is 0 Å². The Morgan fingerprint density at radius 2 is 2.10 bits per heavy atom. The third-order valence-electron chi connectivity index (χ3n) is 4.69. The quantitative estimate of drug-likeness (QED) is 0.690. The zero-order valence-corrected chi connectivity index (χ0v) is 12.2. The lowest BCUT2D eigenvalue weighted by Gasteiger charge is -2.24. The summed E-state index contributed by atoms with van der Waals surface area (Å²) in [6, 6.07) is 0.365. The van der Waals surface area contributed by atoms with E-state index in [1.807, 2.05) is 6.92 Å². The molecule has 5 heteroatoms. The molecule has 3 N–H and O–H groups in total. The van der Waals surface area contributed by atoms with Crippen molar-refractivity contribution in [2.75, 3.05) is 6.54 Å². The molecular weight excluding hydrogens is 256 g/mol. The number of nitrogens with one attached hydrogen (secondary N) is 2. The van der Waals surface area contributed by atoms with Crippen molar-refractivity contribution in [3.8, 4) is 0 Å². The molecule has 0 spiro atoms. The number of amides is 1. The van der Waals surface area contributed by atoms with Crippen molar-refractivity contribution in [3.05, 3.63) is 0 Å². The summed E-state index contributed by atoms with van der Waals surface area (Å²) in [4.78, 5) is 23.2. The standard InChI is InChI=1S/C15H26N2O3/c1-2-5-11(15(19)20)9-16-14(18)13-8-10-6-3-4-7-12(10)17-13/h10-13,17H,2-9H2,1H3,(H,16,18)(H,19,20). The Hall–Kier alpha value is -1.10. The van der Waals surface area contributed by atoms with Gasteiger partial charge in [0.05, 0.1) is 12.0 Å². The zero-order chi connectivity index (χ0) is 14.5. The van der Waals surface area contributed by atoms with Crippen LogP contribution in [0.25, 0.3) is 0 Å². The van der Waals surface area contributed by atoms with Gasteiger partial charge >= 0.3 is 5.97 Å². The number of carboxylic acid groups (broad SMARTS) is 1. The molecule has 1 heterocycles. The van der Waals surface area contributed by atoms with Gasteiger partial charge in [0.15, 0.2) is 0 Å². The average Bonchev–Trinajstić information content (AvgIpc) is 2.86. The summed E-state index contributed by atoms with van der Waals surface area (Å²) in [6.07, 6.45) is 7.24. The fourth-order valence-corrected chi connectivity index (χ4v) is 3.53. The molecule has 0 aromatic carbocycles. The van der Waals surface area contributed by atoms with Gasteiger partial charge in [-0.2, -0.15) is 0 Å². The second-order valence-electron chi connectivity index (χ2n) is 6.17. The zero-order valence-electron chi connectivity index (χ0n) is 12.2. The van der Waals surface area contributed by atoms with Gasteiger partial charge in [-0.05, 0) is 31.6 Å². The van der Waals surface area contributed by atoms with Gasteiger partial charge in [-0.15, -0.1) is 0 Å². The first-order valence-electron chi connectivity index (χ1n) is 7.88. The molecule has 4 unspecified atom stereocenters. The summed E-state index contributed by atoms with van der Waals surface area (Å²) in [5.74, 6) is -0.681. The number of carbonyl (C=O) groups is 2. The molecule has 5 nitrogen and oxygen atoms in total. The van der Waals surface area contributed by atoms with Gasteiger partial charge in [-0.25, -0.2) is 0 Å². The molecule has 114 valence electrons. The molecule has 1 amide bonds. The largest absolute Gasteiger partial charge is 0.481 e. The highest BCUT2D eigenvalue weighted by atomic mass is 16.4. The molecule has 20 heavy (non-hydrogen) atoms. The summed E-state index contributed by atoms with van der Waals surface area (Å²) < 4.78 is 0. The maximum atomic E-state index is 12.2. The van der Waals surface area contributed by atoms with E-state index in [1.54, 1.807) is 0 Å². The van der Waals surface area contributed by atoms with Gasteiger partial charge in [0, 0.05) is 12.6 Å². The van der Waals surface area contributed by atoms with Crippen LogP contribution >= 0.6 is 0 Å². The monoisotopic (exact) mass is 282 g/mol. The van der Waals surface area contributed by atoms with Crippen molar-refractivity contribution < 1.29 is 14.7 Å². The minimum Gasteiger partial charge on any atom is -0.481 e. The second kappa shape index (κ2) is 7.07. The lowest BCUT2D eigenvalue weighted by Crippen LogP contribution is -2.45. The molecule has 2 aliphatic rings. The maximum absolute atomic E-state index is 12.2. The Morgan fingerprint density at radius 1 is 1.35 bits per heavy atom. The van der Waals surface area contributed by atoms with Gasteiger partial charge in [-0.1, -0.05) is 26.2 Å². The van der Waals surface area contributed by atoms with Crippen molar-refractivity contribution in [3.63, 3.8) is 0 Å². The number of aliphatic carboxylic acids is 1. The number of fused-ring (bicyclic) bond motifs is 1. The highest BCUT2D eigenvalue weighted by Gasteiger charge is 2.38. The fourth-order valence-electron chi connectivity index (χ4n) is 3.53. The first-order valence-corrected chi connectivity index (χ1v) is 7.88. The number of hydrogen-bond donors (Lipinski definition) is 3. The molecule has 0 aromatic rings. The van der Waals surface area contributed by atoms with E-state index >= 15 is 0 Å². The average molecular weight is 282 g/mol. The number of carboxylic acids is 1. The third kappa shape index (κ3) is 3.72. The van der Waals surface area contributed by atoms with Crippen LogP contribution in [0.1, 0.15) is 51.9 Å². The smallest absolute Gasteiger partial charge is 0.308 e. The van der Waals surface area contributed by atoms with Crippen LogP contribution < -0.4 is 10.6 Å². The highest BCUT2D eigenvalue weighted by molar-refractivity contribution is 5.82. The van der Waals surface area contributed by atoms with Gasteiger partial charge in [0.1, 0.15) is 0 Å². The van der Waals surface area contributed by atoms with Crippen molar-refractivity contribution >= 4 is 11.9 Å². The Morgan fingerprint density at radius 3 is 2.75 bits per heavy atom. The van der Waals surface area contributed by atoms with Crippen LogP contribution in [0.5, 0.6) is 0 Å². The molecule has 0 aromatic heterocycles. The first kappa shape index (κ1) is 15.3. The van der Waals surface area contributed by atoms with E-state index in [-0.39, 0.29) is 18.5 Å². The van der Waals surface area contributed by atoms with E-state index in [0.29, 0.717) is 18.4 Å². The number of rotatable bonds is 6. The Bertz CT molecular complexity index is 345. The fraction of sp³-hybridized carbons (Fsp3) is 0.867. The Labute approximate surface area is 120 Å². The predicted octanol–water partition coefficient (Wildman–Crippen LogP) is 1.52. The molecule has 1 saturated heterocycles. The molecule has 1 aliphatic carbocycles. The van der Waals surface area contributed by atoms with Crippen molar-refractivity contribution in [2.24, 2.45) is 11.8 Å². The third-order valence-corrected chi connectivity index (χ3v) is 4.69. The van der Waals surface area contributed by atoms with E-state index < -0.39 is 11.9 Å². The number of hydrogen-bond acceptors (Lipinski definition) is 3. The molecule has 4 atom stereocenters. The SMILES string of the molecule is CCCC(CNC(=O)C1CC2CCCCC2N1)C(=O)O. The molecular formula is C15H26N2O3. The lowest BCUT2D eigenvalue weighted by molar-refractivity contribution is -0.142. The minimum atomic E-state index is -0.819. The van der Waals surface area contributed by atoms with Gasteiger partial charge in [0.2, 0.25) is 5.91 Å². The topological polar surface area (TPSA) is 78.4 Å². The first-order chi connectivity index (χ1) is 9.61. The van der Waals surface area contributed by atoms with Gasteiger partial charge in [0.25, 0.3) is 0 Å². The van der Waals surface area contributed by atoms with Gasteiger partial charge < -0.3 is 15.7 Å². The summed E-state index contributed by atoms with van der Waals surface area (Å²) in [7, 11) is 0. The Kier molecular flexibility index (Phi) is 5.40. The molecule has 1 saturated carbocycles. The normalized spacial score (nSPS) is 30.6. The summed E-state index contributed by atoms with van der Waals surface area (Å²) in [5.41, 5.74) is 0. The van der Waals surface area contributed by atoms with E-state index in [4.69, 9.17) is 5.11 Å². The van der Waals surface area contributed by atoms with Crippen LogP contribution in [0.2, 0.25) is 0 Å². The molecule has 0 bridgehead atoms. The molecule has 2 rings (SSSR count). The van der Waals surface area contributed by atoms with Crippen molar-refractivity contribution in [1.82, 2.24) is 10.6 Å². The van der Waals surface area contributed by atoms with Gasteiger partial charge in [-0.3, -0.25) is 9.59 Å². The molecule has 2 fully saturated rings. The van der Waals surface area contributed by atoms with Crippen molar-refractivity contribution in [2.45, 2.75) is 64.0 Å². The number of carbonyl (C=O) groups excluding carboxylic acids is 1. The lowest BCUT2D eigenvalue weighted by atomic mass is 9.85. The van der Waals surface area contributed by atoms with E-state index in [1.165, 1.54) is 25.7 Å². The van der Waals surface area contributed by atoms with E-state index in [9.17, 15) is 9.59 Å². The van der Waals surface area contributed by atoms with E-state index in [0.717, 1.165) is 12.8 Å². The minimum absolute atomic E-state index is 0.0262. The van der Waals surface area contributed by atoms with Crippen LogP contribution in [-0.4, -0.2) is 35.6 Å². The van der Waals surface area contributed by atoms with Crippen LogP contribution in [0, 0.1) is 11.8 Å². The summed E-state index contributed by atoms with van der Waals surface area (Å²) in [6.45, 7) is 2.20. The van der Waals surface area contributed by atoms with Crippen LogP contribution in [0.15, 0.2) is 0 Å². The van der Waals surface area contributed by atoms with Crippen LogP contribution in [0.4, 0.5) is 0 Å².